The number of anilines is 1. The lowest BCUT2D eigenvalue weighted by molar-refractivity contribution is -0.143. The molecular formula is C18H18FN3O5S. The third kappa shape index (κ3) is 4.65. The monoisotopic (exact) mass is 407 g/mol. The van der Waals surface area contributed by atoms with Gasteiger partial charge in [0.1, 0.15) is 0 Å². The number of nitrogens with zero attached hydrogens (tertiary/aromatic N) is 1. The number of rotatable bonds is 6. The number of amides is 2. The van der Waals surface area contributed by atoms with Crippen LogP contribution in [0.4, 0.5) is 10.1 Å². The van der Waals surface area contributed by atoms with Gasteiger partial charge >= 0.3 is 0 Å². The number of nitrogens with two attached hydrogens (primary N) is 1. The van der Waals surface area contributed by atoms with Gasteiger partial charge in [0.05, 0.1) is 10.8 Å². The summed E-state index contributed by atoms with van der Waals surface area (Å²) >= 11 is 0. The number of benzene rings is 2. The fraction of sp³-hybridized carbons (Fsp3) is 0.222. The second kappa shape index (κ2) is 7.95. The molecule has 3 N–H and O–H groups in total. The van der Waals surface area contributed by atoms with Crippen molar-refractivity contribution < 1.29 is 27.1 Å². The van der Waals surface area contributed by atoms with Gasteiger partial charge in [-0.15, -0.1) is 0 Å². The van der Waals surface area contributed by atoms with Gasteiger partial charge in [-0.2, -0.15) is 0 Å². The number of halogens is 1. The Morgan fingerprint density at radius 3 is 2.39 bits per heavy atom. The fourth-order valence-electron chi connectivity index (χ4n) is 2.61. The van der Waals surface area contributed by atoms with Gasteiger partial charge in [-0.3, -0.25) is 9.59 Å². The van der Waals surface area contributed by atoms with Gasteiger partial charge in [0.15, 0.2) is 18.2 Å². The number of primary sulfonamides is 1. The maximum absolute atomic E-state index is 13.5. The Kier molecular flexibility index (Phi) is 5.61. The summed E-state index contributed by atoms with van der Waals surface area (Å²) in [5, 5.41) is 7.67. The normalized spacial score (nSPS) is 14.3. The molecule has 2 amide bonds. The van der Waals surface area contributed by atoms with Crippen LogP contribution >= 0.6 is 0 Å². The number of hydrogen-bond acceptors (Lipinski definition) is 5. The van der Waals surface area contributed by atoms with E-state index in [9.17, 15) is 22.4 Å². The Hall–Kier alpha value is -2.98. The smallest absolute Gasteiger partial charge is 0.260 e. The second-order valence-electron chi connectivity index (χ2n) is 6.27. The van der Waals surface area contributed by atoms with E-state index in [4.69, 9.17) is 9.88 Å². The SMILES string of the molecule is NS(=O)(=O)c1ccc(NC(=O)C2CN(C(=O)COc3ccccc3F)C2)cc1. The van der Waals surface area contributed by atoms with E-state index in [0.717, 1.165) is 0 Å². The van der Waals surface area contributed by atoms with Gasteiger partial charge in [-0.1, -0.05) is 12.1 Å². The molecule has 28 heavy (non-hydrogen) atoms. The summed E-state index contributed by atoms with van der Waals surface area (Å²) in [5.74, 6) is -1.58. The first-order chi connectivity index (χ1) is 13.2. The van der Waals surface area contributed by atoms with E-state index in [0.29, 0.717) is 5.69 Å². The number of carbonyl (C=O) groups excluding carboxylic acids is 2. The van der Waals surface area contributed by atoms with Crippen LogP contribution in [-0.4, -0.2) is 44.8 Å². The van der Waals surface area contributed by atoms with Gasteiger partial charge in [0.2, 0.25) is 15.9 Å². The van der Waals surface area contributed by atoms with Crippen LogP contribution < -0.4 is 15.2 Å². The lowest BCUT2D eigenvalue weighted by atomic mass is 9.99. The van der Waals surface area contributed by atoms with Crippen molar-refractivity contribution in [2.24, 2.45) is 11.1 Å². The van der Waals surface area contributed by atoms with Crippen LogP contribution in [0.25, 0.3) is 0 Å². The number of nitrogens with one attached hydrogen (secondary N) is 1. The highest BCUT2D eigenvalue weighted by Gasteiger charge is 2.35. The summed E-state index contributed by atoms with van der Waals surface area (Å²) < 4.78 is 41.0. The van der Waals surface area contributed by atoms with E-state index < -0.39 is 21.8 Å². The van der Waals surface area contributed by atoms with Crippen LogP contribution in [0.2, 0.25) is 0 Å². The third-order valence-corrected chi connectivity index (χ3v) is 5.17. The average Bonchev–Trinajstić information content (AvgIpc) is 2.59. The van der Waals surface area contributed by atoms with Crippen LogP contribution in [0.5, 0.6) is 5.75 Å². The largest absolute Gasteiger partial charge is 0.481 e. The number of hydrogen-bond donors (Lipinski definition) is 2. The minimum absolute atomic E-state index is 0.00592. The topological polar surface area (TPSA) is 119 Å². The molecule has 148 valence electrons. The van der Waals surface area contributed by atoms with Crippen molar-refractivity contribution in [1.29, 1.82) is 0 Å². The van der Waals surface area contributed by atoms with E-state index in [1.807, 2.05) is 0 Å². The fourth-order valence-corrected chi connectivity index (χ4v) is 3.13. The molecule has 1 fully saturated rings. The predicted molar refractivity (Wildman–Crippen MR) is 98.4 cm³/mol. The second-order valence-corrected chi connectivity index (χ2v) is 7.83. The summed E-state index contributed by atoms with van der Waals surface area (Å²) in [4.78, 5) is 25.6. The van der Waals surface area contributed by atoms with E-state index >= 15 is 0 Å². The summed E-state index contributed by atoms with van der Waals surface area (Å²) in [6, 6.07) is 11.2. The highest BCUT2D eigenvalue weighted by atomic mass is 32.2. The predicted octanol–water partition coefficient (Wildman–Crippen LogP) is 0.949. The number of para-hydroxylation sites is 1. The van der Waals surface area contributed by atoms with Gasteiger partial charge in [0.25, 0.3) is 5.91 Å². The molecule has 1 heterocycles. The lowest BCUT2D eigenvalue weighted by Crippen LogP contribution is -2.55. The Balaban J connectivity index is 1.46. The molecule has 0 atom stereocenters. The van der Waals surface area contributed by atoms with Gasteiger partial charge in [-0.25, -0.2) is 17.9 Å². The van der Waals surface area contributed by atoms with Crippen molar-refractivity contribution in [1.82, 2.24) is 4.90 Å². The number of sulfonamides is 1. The Bertz CT molecular complexity index is 989. The van der Waals surface area contributed by atoms with Gasteiger partial charge in [-0.05, 0) is 36.4 Å². The van der Waals surface area contributed by atoms with Crippen molar-refractivity contribution in [3.8, 4) is 5.75 Å². The van der Waals surface area contributed by atoms with Crippen molar-refractivity contribution in [2.75, 3.05) is 25.0 Å². The van der Waals surface area contributed by atoms with Gasteiger partial charge in [0, 0.05) is 18.8 Å². The first kappa shape index (κ1) is 19.8. The van der Waals surface area contributed by atoms with E-state index in [1.54, 1.807) is 6.07 Å². The standard InChI is InChI=1S/C18H18FN3O5S/c19-15-3-1-2-4-16(15)27-11-17(23)22-9-12(10-22)18(24)21-13-5-7-14(8-6-13)28(20,25)26/h1-8,12H,9-11H2,(H,21,24)(H2,20,25,26). The maximum atomic E-state index is 13.5. The number of ether oxygens (including phenoxy) is 1. The zero-order chi connectivity index (χ0) is 20.3. The summed E-state index contributed by atoms with van der Waals surface area (Å²) in [6.07, 6.45) is 0. The Morgan fingerprint density at radius 2 is 1.79 bits per heavy atom. The molecule has 0 saturated carbocycles. The Labute approximate surface area is 161 Å². The minimum Gasteiger partial charge on any atom is -0.481 e. The van der Waals surface area contributed by atoms with E-state index in [-0.39, 0.29) is 42.2 Å². The molecule has 0 unspecified atom stereocenters. The number of carbonyl (C=O) groups is 2. The van der Waals surface area contributed by atoms with Crippen LogP contribution in [0.3, 0.4) is 0 Å². The molecule has 10 heteroatoms. The first-order valence-electron chi connectivity index (χ1n) is 8.33. The highest BCUT2D eigenvalue weighted by Crippen LogP contribution is 2.20. The average molecular weight is 407 g/mol. The summed E-state index contributed by atoms with van der Waals surface area (Å²) in [5.41, 5.74) is 0.421. The molecule has 3 rings (SSSR count). The minimum atomic E-state index is -3.80. The molecule has 1 saturated heterocycles. The zero-order valence-corrected chi connectivity index (χ0v) is 15.5. The van der Waals surface area contributed by atoms with Gasteiger partial charge < -0.3 is 15.0 Å². The molecule has 0 aromatic heterocycles. The van der Waals surface area contributed by atoms with Crippen LogP contribution in [0.15, 0.2) is 53.4 Å². The molecule has 0 radical (unpaired) electrons. The Morgan fingerprint density at radius 1 is 1.14 bits per heavy atom. The molecule has 1 aliphatic heterocycles. The molecule has 1 aliphatic rings. The highest BCUT2D eigenvalue weighted by molar-refractivity contribution is 7.89. The van der Waals surface area contributed by atoms with Crippen LogP contribution in [0.1, 0.15) is 0 Å². The van der Waals surface area contributed by atoms with Crippen molar-refractivity contribution >= 4 is 27.5 Å². The van der Waals surface area contributed by atoms with Crippen molar-refractivity contribution in [2.45, 2.75) is 4.90 Å². The molecule has 0 spiro atoms. The summed E-state index contributed by atoms with van der Waals surface area (Å²) in [6.45, 7) is 0.130. The van der Waals surface area contributed by atoms with Crippen molar-refractivity contribution in [3.05, 3.63) is 54.3 Å². The van der Waals surface area contributed by atoms with Crippen LogP contribution in [-0.2, 0) is 19.6 Å². The van der Waals surface area contributed by atoms with E-state index in [2.05, 4.69) is 5.32 Å². The zero-order valence-electron chi connectivity index (χ0n) is 14.7. The molecule has 2 aromatic rings. The van der Waals surface area contributed by atoms with Crippen LogP contribution in [0, 0.1) is 11.7 Å². The third-order valence-electron chi connectivity index (χ3n) is 4.24. The molecule has 8 nitrogen and oxygen atoms in total. The molecule has 0 aliphatic carbocycles. The molecule has 2 aromatic carbocycles. The summed E-state index contributed by atoms with van der Waals surface area (Å²) in [7, 11) is -3.80. The number of likely N-dealkylation sites (tertiary alicyclic amines) is 1. The quantitative estimate of drug-likeness (QED) is 0.739. The molecular weight excluding hydrogens is 389 g/mol. The first-order valence-corrected chi connectivity index (χ1v) is 9.87. The lowest BCUT2D eigenvalue weighted by Gasteiger charge is -2.38. The maximum Gasteiger partial charge on any atom is 0.260 e. The van der Waals surface area contributed by atoms with E-state index in [1.165, 1.54) is 47.4 Å². The van der Waals surface area contributed by atoms with Crippen molar-refractivity contribution in [3.63, 3.8) is 0 Å². The molecule has 0 bridgehead atoms.